The van der Waals surface area contributed by atoms with Gasteiger partial charge in [-0.05, 0) is 43.0 Å². The van der Waals surface area contributed by atoms with Gasteiger partial charge in [-0.15, -0.1) is 0 Å². The lowest BCUT2D eigenvalue weighted by Crippen LogP contribution is -2.38. The van der Waals surface area contributed by atoms with Crippen LogP contribution in [-0.2, 0) is 16.0 Å². The van der Waals surface area contributed by atoms with Crippen molar-refractivity contribution in [2.75, 3.05) is 20.2 Å². The SMILES string of the molecule is COc1ccc2[nH]cc(CCN3C[C@H](C(=O)NC4CCCC4)CC3=O)c2c1. The Morgan fingerprint density at radius 2 is 2.15 bits per heavy atom. The monoisotopic (exact) mass is 369 g/mol. The van der Waals surface area contributed by atoms with Gasteiger partial charge in [-0.25, -0.2) is 0 Å². The lowest BCUT2D eigenvalue weighted by atomic mass is 10.1. The third-order valence-electron chi connectivity index (χ3n) is 5.91. The highest BCUT2D eigenvalue weighted by molar-refractivity contribution is 5.89. The van der Waals surface area contributed by atoms with E-state index in [0.717, 1.165) is 41.5 Å². The number of methoxy groups -OCH3 is 1. The second-order valence-electron chi connectivity index (χ2n) is 7.71. The molecule has 1 saturated carbocycles. The summed E-state index contributed by atoms with van der Waals surface area (Å²) in [5.41, 5.74) is 2.22. The molecule has 0 spiro atoms. The topological polar surface area (TPSA) is 74.4 Å². The number of nitrogens with one attached hydrogen (secondary N) is 2. The van der Waals surface area contributed by atoms with Gasteiger partial charge in [0.15, 0.2) is 0 Å². The van der Waals surface area contributed by atoms with Crippen molar-refractivity contribution in [1.82, 2.24) is 15.2 Å². The molecular weight excluding hydrogens is 342 g/mol. The molecule has 1 aromatic heterocycles. The van der Waals surface area contributed by atoms with Gasteiger partial charge in [0.25, 0.3) is 0 Å². The first-order chi connectivity index (χ1) is 13.1. The summed E-state index contributed by atoms with van der Waals surface area (Å²) in [4.78, 5) is 29.9. The van der Waals surface area contributed by atoms with E-state index in [1.165, 1.54) is 12.8 Å². The number of aromatic nitrogens is 1. The normalized spacial score (nSPS) is 20.6. The smallest absolute Gasteiger partial charge is 0.225 e. The Labute approximate surface area is 159 Å². The van der Waals surface area contributed by atoms with Crippen LogP contribution >= 0.6 is 0 Å². The van der Waals surface area contributed by atoms with Crippen LogP contribution in [0.1, 0.15) is 37.7 Å². The third kappa shape index (κ3) is 3.80. The molecule has 1 atom stereocenters. The zero-order chi connectivity index (χ0) is 18.8. The van der Waals surface area contributed by atoms with Crippen LogP contribution in [0.4, 0.5) is 0 Å². The summed E-state index contributed by atoms with van der Waals surface area (Å²) in [5, 5.41) is 4.25. The van der Waals surface area contributed by atoms with Crippen molar-refractivity contribution in [1.29, 1.82) is 0 Å². The zero-order valence-electron chi connectivity index (χ0n) is 15.8. The number of fused-ring (bicyclic) bond motifs is 1. The number of likely N-dealkylation sites (tertiary alicyclic amines) is 1. The Bertz CT molecular complexity index is 838. The van der Waals surface area contributed by atoms with Crippen molar-refractivity contribution < 1.29 is 14.3 Å². The van der Waals surface area contributed by atoms with E-state index in [2.05, 4.69) is 10.3 Å². The van der Waals surface area contributed by atoms with E-state index in [1.807, 2.05) is 29.3 Å². The molecule has 2 aromatic rings. The number of carbonyl (C=O) groups excluding carboxylic acids is 2. The van der Waals surface area contributed by atoms with E-state index >= 15 is 0 Å². The lowest BCUT2D eigenvalue weighted by Gasteiger charge is -2.18. The zero-order valence-corrected chi connectivity index (χ0v) is 15.8. The van der Waals surface area contributed by atoms with Gasteiger partial charge in [0.1, 0.15) is 5.75 Å². The minimum atomic E-state index is -0.207. The maximum Gasteiger partial charge on any atom is 0.225 e. The Morgan fingerprint density at radius 1 is 1.33 bits per heavy atom. The molecule has 0 bridgehead atoms. The highest BCUT2D eigenvalue weighted by Gasteiger charge is 2.35. The van der Waals surface area contributed by atoms with Gasteiger partial charge >= 0.3 is 0 Å². The average molecular weight is 369 g/mol. The number of amides is 2. The summed E-state index contributed by atoms with van der Waals surface area (Å²) in [7, 11) is 1.66. The van der Waals surface area contributed by atoms with E-state index in [9.17, 15) is 9.59 Å². The van der Waals surface area contributed by atoms with Crippen molar-refractivity contribution in [3.05, 3.63) is 30.0 Å². The molecule has 2 amide bonds. The summed E-state index contributed by atoms with van der Waals surface area (Å²) in [6.07, 6.45) is 7.61. The molecule has 0 radical (unpaired) electrons. The molecule has 1 aliphatic carbocycles. The van der Waals surface area contributed by atoms with Gasteiger partial charge in [0.2, 0.25) is 11.8 Å². The molecule has 2 heterocycles. The molecular formula is C21H27N3O3. The van der Waals surface area contributed by atoms with E-state index < -0.39 is 0 Å². The van der Waals surface area contributed by atoms with Crippen LogP contribution in [0.25, 0.3) is 10.9 Å². The minimum absolute atomic E-state index is 0.0505. The molecule has 2 aliphatic rings. The van der Waals surface area contributed by atoms with Gasteiger partial charge in [-0.1, -0.05) is 12.8 Å². The lowest BCUT2D eigenvalue weighted by molar-refractivity contribution is -0.129. The predicted octanol–water partition coefficient (Wildman–Crippen LogP) is 2.63. The maximum absolute atomic E-state index is 12.5. The molecule has 0 unspecified atom stereocenters. The van der Waals surface area contributed by atoms with Gasteiger partial charge in [0, 0.05) is 42.7 Å². The van der Waals surface area contributed by atoms with Crippen LogP contribution in [0.5, 0.6) is 5.75 Å². The summed E-state index contributed by atoms with van der Waals surface area (Å²) in [6.45, 7) is 1.17. The van der Waals surface area contributed by atoms with Gasteiger partial charge < -0.3 is 19.9 Å². The molecule has 6 heteroatoms. The molecule has 2 N–H and O–H groups in total. The number of aromatic amines is 1. The summed E-state index contributed by atoms with van der Waals surface area (Å²) in [5.74, 6) is 0.749. The summed E-state index contributed by atoms with van der Waals surface area (Å²) < 4.78 is 5.31. The van der Waals surface area contributed by atoms with Gasteiger partial charge in [-0.3, -0.25) is 9.59 Å². The minimum Gasteiger partial charge on any atom is -0.497 e. The molecule has 1 aromatic carbocycles. The van der Waals surface area contributed by atoms with E-state index in [4.69, 9.17) is 4.74 Å². The number of ether oxygens (including phenoxy) is 1. The van der Waals surface area contributed by atoms with Crippen molar-refractivity contribution in [3.8, 4) is 5.75 Å². The van der Waals surface area contributed by atoms with Crippen LogP contribution in [0.3, 0.4) is 0 Å². The van der Waals surface area contributed by atoms with Crippen molar-refractivity contribution in [2.24, 2.45) is 5.92 Å². The van der Waals surface area contributed by atoms with Gasteiger partial charge in [0.05, 0.1) is 13.0 Å². The van der Waals surface area contributed by atoms with Crippen LogP contribution in [0, 0.1) is 5.92 Å². The number of hydrogen-bond acceptors (Lipinski definition) is 3. The van der Waals surface area contributed by atoms with Crippen LogP contribution in [0.2, 0.25) is 0 Å². The predicted molar refractivity (Wildman–Crippen MR) is 104 cm³/mol. The second-order valence-corrected chi connectivity index (χ2v) is 7.71. The first-order valence-corrected chi connectivity index (χ1v) is 9.86. The van der Waals surface area contributed by atoms with Gasteiger partial charge in [-0.2, -0.15) is 0 Å². The number of carbonyl (C=O) groups is 2. The van der Waals surface area contributed by atoms with Crippen LogP contribution in [-0.4, -0.2) is 47.9 Å². The number of H-pyrrole nitrogens is 1. The number of benzene rings is 1. The van der Waals surface area contributed by atoms with Crippen molar-refractivity contribution >= 4 is 22.7 Å². The molecule has 1 saturated heterocycles. The molecule has 1 aliphatic heterocycles. The molecule has 4 rings (SSSR count). The largest absolute Gasteiger partial charge is 0.497 e. The quantitative estimate of drug-likeness (QED) is 0.822. The Balaban J connectivity index is 1.36. The summed E-state index contributed by atoms with van der Waals surface area (Å²) >= 11 is 0. The van der Waals surface area contributed by atoms with Crippen molar-refractivity contribution in [2.45, 2.75) is 44.6 Å². The number of rotatable bonds is 6. The van der Waals surface area contributed by atoms with E-state index in [-0.39, 0.29) is 17.7 Å². The fourth-order valence-electron chi connectivity index (χ4n) is 4.30. The second kappa shape index (κ2) is 7.62. The summed E-state index contributed by atoms with van der Waals surface area (Å²) in [6, 6.07) is 6.26. The molecule has 2 fully saturated rings. The highest BCUT2D eigenvalue weighted by Crippen LogP contribution is 2.26. The first-order valence-electron chi connectivity index (χ1n) is 9.86. The Hall–Kier alpha value is -2.50. The average Bonchev–Trinajstić information content (AvgIpc) is 3.40. The van der Waals surface area contributed by atoms with Crippen molar-refractivity contribution in [3.63, 3.8) is 0 Å². The first kappa shape index (κ1) is 17.9. The molecule has 144 valence electrons. The van der Waals surface area contributed by atoms with E-state index in [0.29, 0.717) is 25.6 Å². The Morgan fingerprint density at radius 3 is 2.93 bits per heavy atom. The Kier molecular flexibility index (Phi) is 5.05. The number of nitrogens with zero attached hydrogens (tertiary/aromatic N) is 1. The number of hydrogen-bond donors (Lipinski definition) is 2. The molecule has 27 heavy (non-hydrogen) atoms. The fourth-order valence-corrected chi connectivity index (χ4v) is 4.30. The fraction of sp³-hybridized carbons (Fsp3) is 0.524. The third-order valence-corrected chi connectivity index (χ3v) is 5.91. The van der Waals surface area contributed by atoms with E-state index in [1.54, 1.807) is 7.11 Å². The highest BCUT2D eigenvalue weighted by atomic mass is 16.5. The maximum atomic E-state index is 12.5. The molecule has 6 nitrogen and oxygen atoms in total. The van der Waals surface area contributed by atoms with Crippen LogP contribution < -0.4 is 10.1 Å². The standard InChI is InChI=1S/C21H27N3O3/c1-27-17-6-7-19-18(11-17)14(12-22-19)8-9-24-13-15(10-20(24)25)21(26)23-16-4-2-3-5-16/h6-7,11-12,15-16,22H,2-5,8-10,13H2,1H3,(H,23,26)/t15-/m1/s1. The van der Waals surface area contributed by atoms with Crippen LogP contribution in [0.15, 0.2) is 24.4 Å².